The third-order valence-corrected chi connectivity index (χ3v) is 4.55. The predicted octanol–water partition coefficient (Wildman–Crippen LogP) is 3.05. The van der Waals surface area contributed by atoms with Crippen molar-refractivity contribution in [1.29, 1.82) is 0 Å². The van der Waals surface area contributed by atoms with Crippen molar-refractivity contribution in [3.8, 4) is 5.75 Å². The van der Waals surface area contributed by atoms with E-state index in [-0.39, 0.29) is 11.5 Å². The topological polar surface area (TPSA) is 108 Å². The number of H-pyrrole nitrogens is 1. The molecule has 0 atom stereocenters. The number of aromatic nitrogens is 2. The van der Waals surface area contributed by atoms with E-state index in [0.717, 1.165) is 17.7 Å². The van der Waals surface area contributed by atoms with E-state index in [1.165, 1.54) is 12.1 Å². The van der Waals surface area contributed by atoms with E-state index in [2.05, 4.69) is 15.5 Å². The molecule has 2 aromatic carbocycles. The SMILES string of the molecule is COc1ccc(C(=O)Nc2cc(C(=O)O)ccc2N(C)CCc2cn[nH]c2)cc1. The van der Waals surface area contributed by atoms with Crippen LogP contribution in [0.15, 0.2) is 54.9 Å². The Morgan fingerprint density at radius 3 is 2.52 bits per heavy atom. The van der Waals surface area contributed by atoms with Gasteiger partial charge in [-0.3, -0.25) is 9.89 Å². The van der Waals surface area contributed by atoms with Crippen molar-refractivity contribution in [3.05, 3.63) is 71.5 Å². The lowest BCUT2D eigenvalue weighted by Crippen LogP contribution is -2.23. The van der Waals surface area contributed by atoms with Gasteiger partial charge in [0.25, 0.3) is 5.91 Å². The lowest BCUT2D eigenvalue weighted by molar-refractivity contribution is 0.0696. The Balaban J connectivity index is 1.82. The number of carbonyl (C=O) groups is 2. The number of hydrogen-bond donors (Lipinski definition) is 3. The van der Waals surface area contributed by atoms with Crippen LogP contribution in [-0.4, -0.2) is 47.9 Å². The summed E-state index contributed by atoms with van der Waals surface area (Å²) in [7, 11) is 3.44. The molecule has 1 aromatic heterocycles. The number of hydrogen-bond acceptors (Lipinski definition) is 5. The Hall–Kier alpha value is -3.81. The number of amides is 1. The normalized spacial score (nSPS) is 10.4. The first-order valence-electron chi connectivity index (χ1n) is 8.99. The van der Waals surface area contributed by atoms with Gasteiger partial charge in [-0.25, -0.2) is 4.79 Å². The minimum atomic E-state index is -1.06. The van der Waals surface area contributed by atoms with E-state index >= 15 is 0 Å². The van der Waals surface area contributed by atoms with Crippen molar-refractivity contribution >= 4 is 23.3 Å². The molecule has 8 nitrogen and oxygen atoms in total. The number of ether oxygens (including phenoxy) is 1. The summed E-state index contributed by atoms with van der Waals surface area (Å²) in [4.78, 5) is 26.0. The molecule has 3 aromatic rings. The largest absolute Gasteiger partial charge is 0.497 e. The molecule has 0 radical (unpaired) electrons. The fourth-order valence-electron chi connectivity index (χ4n) is 2.87. The first kappa shape index (κ1) is 19.9. The van der Waals surface area contributed by atoms with Crippen molar-refractivity contribution in [3.63, 3.8) is 0 Å². The Morgan fingerprint density at radius 1 is 1.17 bits per heavy atom. The number of methoxy groups -OCH3 is 1. The molecule has 150 valence electrons. The van der Waals surface area contributed by atoms with Crippen molar-refractivity contribution in [2.75, 3.05) is 30.9 Å². The summed E-state index contributed by atoms with van der Waals surface area (Å²) in [5.74, 6) is -0.744. The molecule has 1 amide bonds. The summed E-state index contributed by atoms with van der Waals surface area (Å²) in [6.45, 7) is 0.664. The van der Waals surface area contributed by atoms with Crippen LogP contribution in [0.4, 0.5) is 11.4 Å². The van der Waals surface area contributed by atoms with Crippen LogP contribution >= 0.6 is 0 Å². The smallest absolute Gasteiger partial charge is 0.335 e. The summed E-state index contributed by atoms with van der Waals surface area (Å²) in [6, 6.07) is 11.4. The summed E-state index contributed by atoms with van der Waals surface area (Å²) >= 11 is 0. The van der Waals surface area contributed by atoms with Gasteiger partial charge in [-0.15, -0.1) is 0 Å². The number of anilines is 2. The van der Waals surface area contributed by atoms with E-state index in [1.54, 1.807) is 43.6 Å². The third-order valence-electron chi connectivity index (χ3n) is 4.55. The first-order valence-corrected chi connectivity index (χ1v) is 8.99. The summed E-state index contributed by atoms with van der Waals surface area (Å²) < 4.78 is 5.11. The molecular weight excluding hydrogens is 372 g/mol. The van der Waals surface area contributed by atoms with Gasteiger partial charge in [-0.05, 0) is 54.4 Å². The lowest BCUT2D eigenvalue weighted by Gasteiger charge is -2.23. The van der Waals surface area contributed by atoms with Crippen molar-refractivity contribution in [2.24, 2.45) is 0 Å². The average Bonchev–Trinajstić information content (AvgIpc) is 3.25. The number of benzene rings is 2. The first-order chi connectivity index (χ1) is 14.0. The quantitative estimate of drug-likeness (QED) is 0.542. The molecule has 29 heavy (non-hydrogen) atoms. The summed E-state index contributed by atoms with van der Waals surface area (Å²) in [5.41, 5.74) is 2.75. The highest BCUT2D eigenvalue weighted by atomic mass is 16.5. The van der Waals surface area contributed by atoms with Crippen LogP contribution in [0.5, 0.6) is 5.75 Å². The van der Waals surface area contributed by atoms with Crippen LogP contribution in [0, 0.1) is 0 Å². The highest BCUT2D eigenvalue weighted by molar-refractivity contribution is 6.06. The van der Waals surface area contributed by atoms with E-state index in [4.69, 9.17) is 4.74 Å². The summed E-state index contributed by atoms with van der Waals surface area (Å²) in [5, 5.41) is 18.9. The fourth-order valence-corrected chi connectivity index (χ4v) is 2.87. The van der Waals surface area contributed by atoms with Crippen LogP contribution in [0.2, 0.25) is 0 Å². The number of nitrogens with zero attached hydrogens (tertiary/aromatic N) is 2. The average molecular weight is 394 g/mol. The van der Waals surface area contributed by atoms with E-state index in [0.29, 0.717) is 23.5 Å². The van der Waals surface area contributed by atoms with Crippen molar-refractivity contribution in [2.45, 2.75) is 6.42 Å². The van der Waals surface area contributed by atoms with E-state index in [9.17, 15) is 14.7 Å². The molecule has 0 bridgehead atoms. The maximum atomic E-state index is 12.7. The maximum absolute atomic E-state index is 12.7. The molecule has 3 rings (SSSR count). The number of likely N-dealkylation sites (N-methyl/N-ethyl adjacent to an activating group) is 1. The molecule has 0 saturated carbocycles. The van der Waals surface area contributed by atoms with Crippen LogP contribution in [0.3, 0.4) is 0 Å². The van der Waals surface area contributed by atoms with Gasteiger partial charge in [0.15, 0.2) is 0 Å². The number of rotatable bonds is 8. The molecule has 3 N–H and O–H groups in total. The van der Waals surface area contributed by atoms with Crippen molar-refractivity contribution in [1.82, 2.24) is 10.2 Å². The Morgan fingerprint density at radius 2 is 1.90 bits per heavy atom. The number of carboxylic acid groups (broad SMARTS) is 1. The van der Waals surface area contributed by atoms with Gasteiger partial charge in [-0.1, -0.05) is 0 Å². The molecule has 0 unspecified atom stereocenters. The van der Waals surface area contributed by atoms with Gasteiger partial charge >= 0.3 is 5.97 Å². The number of nitrogens with one attached hydrogen (secondary N) is 2. The molecule has 8 heteroatoms. The second-order valence-electron chi connectivity index (χ2n) is 6.50. The zero-order chi connectivity index (χ0) is 20.8. The molecule has 0 spiro atoms. The molecular formula is C21H22N4O4. The van der Waals surface area contributed by atoms with Crippen LogP contribution in [0.25, 0.3) is 0 Å². The highest BCUT2D eigenvalue weighted by Gasteiger charge is 2.15. The summed E-state index contributed by atoms with van der Waals surface area (Å²) in [6.07, 6.45) is 4.33. The second kappa shape index (κ2) is 8.92. The Labute approximate surface area is 168 Å². The minimum Gasteiger partial charge on any atom is -0.497 e. The molecule has 0 aliphatic carbocycles. The van der Waals surface area contributed by atoms with E-state index < -0.39 is 5.97 Å². The third kappa shape index (κ3) is 4.92. The highest BCUT2D eigenvalue weighted by Crippen LogP contribution is 2.27. The van der Waals surface area contributed by atoms with Gasteiger partial charge in [0.1, 0.15) is 5.75 Å². The van der Waals surface area contributed by atoms with Gasteiger partial charge in [0.2, 0.25) is 0 Å². The lowest BCUT2D eigenvalue weighted by atomic mass is 10.1. The monoisotopic (exact) mass is 394 g/mol. The Kier molecular flexibility index (Phi) is 6.13. The number of carboxylic acids is 1. The van der Waals surface area contributed by atoms with Gasteiger partial charge < -0.3 is 20.1 Å². The molecule has 0 aliphatic rings. The minimum absolute atomic E-state index is 0.0991. The van der Waals surface area contributed by atoms with Crippen LogP contribution < -0.4 is 15.0 Å². The zero-order valence-electron chi connectivity index (χ0n) is 16.2. The molecule has 0 fully saturated rings. The number of aromatic amines is 1. The maximum Gasteiger partial charge on any atom is 0.335 e. The molecule has 1 heterocycles. The molecule has 0 saturated heterocycles. The van der Waals surface area contributed by atoms with Crippen LogP contribution in [-0.2, 0) is 6.42 Å². The second-order valence-corrected chi connectivity index (χ2v) is 6.50. The van der Waals surface area contributed by atoms with Crippen LogP contribution in [0.1, 0.15) is 26.3 Å². The van der Waals surface area contributed by atoms with Gasteiger partial charge in [0.05, 0.1) is 30.2 Å². The van der Waals surface area contributed by atoms with Crippen molar-refractivity contribution < 1.29 is 19.4 Å². The standard InChI is InChI=1S/C21H22N4O4/c1-25(10-9-14-12-22-23-13-14)19-8-5-16(21(27)28)11-18(19)24-20(26)15-3-6-17(29-2)7-4-15/h3-8,11-13H,9-10H2,1-2H3,(H,22,23)(H,24,26)(H,27,28). The van der Waals surface area contributed by atoms with E-state index in [1.807, 2.05) is 18.1 Å². The number of aromatic carboxylic acids is 1. The Bertz CT molecular complexity index is 984. The number of carbonyl (C=O) groups excluding carboxylic acids is 1. The van der Waals surface area contributed by atoms with Gasteiger partial charge in [0, 0.05) is 25.4 Å². The fraction of sp³-hybridized carbons (Fsp3) is 0.190. The van der Waals surface area contributed by atoms with Gasteiger partial charge in [-0.2, -0.15) is 5.10 Å². The predicted molar refractivity (Wildman–Crippen MR) is 110 cm³/mol. The molecule has 0 aliphatic heterocycles. The zero-order valence-corrected chi connectivity index (χ0v) is 16.2.